The van der Waals surface area contributed by atoms with Crippen molar-refractivity contribution in [2.45, 2.75) is 232 Å². The number of benzene rings is 8. The molecule has 0 heterocycles. The van der Waals surface area contributed by atoms with E-state index in [4.69, 9.17) is 90.0 Å². The van der Waals surface area contributed by atoms with Gasteiger partial charge in [0.2, 0.25) is 0 Å². The van der Waals surface area contributed by atoms with E-state index in [2.05, 4.69) is 164 Å². The maximum absolute atomic E-state index is 5.71. The first-order chi connectivity index (χ1) is 64.6. The highest BCUT2D eigenvalue weighted by atomic mass is 16.7. The van der Waals surface area contributed by atoms with Crippen LogP contribution in [0.1, 0.15) is 275 Å². The first kappa shape index (κ1) is 123. The van der Waals surface area contributed by atoms with Crippen LogP contribution in [0, 0.1) is 0 Å². The van der Waals surface area contributed by atoms with E-state index >= 15 is 0 Å². The fraction of sp³-hybridized carbons (Fsp3) is 0.453. The molecule has 8 aromatic rings. The van der Waals surface area contributed by atoms with Crippen molar-refractivity contribution in [2.24, 2.45) is 0 Å². The Morgan fingerprint density at radius 3 is 0.860 bits per heavy atom. The van der Waals surface area contributed by atoms with E-state index < -0.39 is 0 Å². The molecule has 0 amide bonds. The summed E-state index contributed by atoms with van der Waals surface area (Å²) >= 11 is 0. The van der Waals surface area contributed by atoms with E-state index in [9.17, 15) is 0 Å². The van der Waals surface area contributed by atoms with Crippen LogP contribution < -0.4 is 52.1 Å². The van der Waals surface area contributed by atoms with E-state index in [0.29, 0.717) is 49.1 Å². The highest BCUT2D eigenvalue weighted by Crippen LogP contribution is 2.40. The molecule has 0 radical (unpaired) electrons. The van der Waals surface area contributed by atoms with Crippen LogP contribution in [0.5, 0.6) is 63.2 Å². The monoisotopic (exact) mass is 1880 g/mol. The van der Waals surface area contributed by atoms with Gasteiger partial charge in [0.25, 0.3) is 0 Å². The third-order valence-electron chi connectivity index (χ3n) is 20.8. The molecule has 0 aromatic heterocycles. The van der Waals surface area contributed by atoms with Gasteiger partial charge in [-0.1, -0.05) is 247 Å². The van der Waals surface area contributed by atoms with Crippen LogP contribution in [-0.2, 0) is 61.6 Å². The van der Waals surface area contributed by atoms with Crippen LogP contribution in [-0.4, -0.2) is 131 Å². The van der Waals surface area contributed by atoms with Crippen molar-refractivity contribution in [3.05, 3.63) is 271 Å². The van der Waals surface area contributed by atoms with Crippen LogP contribution in [0.15, 0.2) is 198 Å². The first-order valence-corrected chi connectivity index (χ1v) is 46.8. The summed E-state index contributed by atoms with van der Waals surface area (Å²) in [6.45, 7) is 78.0. The highest BCUT2D eigenvalue weighted by Gasteiger charge is 2.25. The first-order valence-electron chi connectivity index (χ1n) is 46.8. The van der Waals surface area contributed by atoms with E-state index in [0.717, 1.165) is 137 Å². The molecule has 0 aliphatic heterocycles. The molecule has 0 aliphatic rings. The minimum Gasteiger partial charge on any atom is -0.493 e. The van der Waals surface area contributed by atoms with E-state index in [-0.39, 0.29) is 57.7 Å². The van der Waals surface area contributed by atoms with Crippen molar-refractivity contribution in [1.82, 2.24) is 0 Å². The maximum Gasteiger partial charge on any atom is 0.188 e. The second kappa shape index (κ2) is 69.0. The zero-order valence-electron chi connectivity index (χ0n) is 88.9. The molecule has 0 unspecified atom stereocenters. The van der Waals surface area contributed by atoms with Gasteiger partial charge in [-0.2, -0.15) is 0 Å². The van der Waals surface area contributed by atoms with Crippen LogP contribution in [0.4, 0.5) is 0 Å². The van der Waals surface area contributed by atoms with Crippen LogP contribution >= 0.6 is 0 Å². The van der Waals surface area contributed by atoms with Crippen molar-refractivity contribution in [2.75, 3.05) is 125 Å². The Bertz CT molecular complexity index is 4860. The molecule has 136 heavy (non-hydrogen) atoms. The number of hydrogen-bond donors (Lipinski definition) is 0. The maximum atomic E-state index is 5.71. The Labute approximate surface area is 821 Å². The second-order valence-corrected chi connectivity index (χ2v) is 35.2. The van der Waals surface area contributed by atoms with Gasteiger partial charge in [0.15, 0.2) is 88.8 Å². The molecule has 8 aromatic carbocycles. The van der Waals surface area contributed by atoms with Crippen LogP contribution in [0.3, 0.4) is 0 Å². The normalized spacial score (nSPS) is 10.6. The molecule has 0 saturated heterocycles. The number of rotatable bonds is 49. The summed E-state index contributed by atoms with van der Waals surface area (Å²) in [5.74, 6) is 9.13. The molecular formula is C117H170O19. The third-order valence-corrected chi connectivity index (χ3v) is 20.8. The van der Waals surface area contributed by atoms with E-state index in [1.165, 1.54) is 83.9 Å². The molecule has 0 N–H and O–H groups in total. The van der Waals surface area contributed by atoms with Gasteiger partial charge in [-0.05, 0) is 283 Å². The summed E-state index contributed by atoms with van der Waals surface area (Å²) in [6.07, 6.45) is 12.0. The summed E-state index contributed by atoms with van der Waals surface area (Å²) in [5, 5.41) is 0. The lowest BCUT2D eigenvalue weighted by Crippen LogP contribution is -2.18. The summed E-state index contributed by atoms with van der Waals surface area (Å²) < 4.78 is 100.0. The van der Waals surface area contributed by atoms with E-state index in [1.807, 2.05) is 179 Å². The molecule has 0 saturated carbocycles. The summed E-state index contributed by atoms with van der Waals surface area (Å²) in [7, 11) is 14.5. The molecule has 19 heteroatoms. The predicted octanol–water partition coefficient (Wildman–Crippen LogP) is 30.8. The van der Waals surface area contributed by atoms with Crippen molar-refractivity contribution >= 4 is 44.6 Å². The third kappa shape index (κ3) is 47.8. The van der Waals surface area contributed by atoms with Gasteiger partial charge in [-0.25, -0.2) is 0 Å². The number of hydrogen-bond acceptors (Lipinski definition) is 19. The Hall–Kier alpha value is -10.8. The Morgan fingerprint density at radius 1 is 0.272 bits per heavy atom. The lowest BCUT2D eigenvalue weighted by molar-refractivity contribution is 0.0476. The number of aryl methyl sites for hydroxylation is 2. The topological polar surface area (TPSA) is 175 Å². The van der Waals surface area contributed by atoms with Gasteiger partial charge in [-0.15, -0.1) is 0 Å². The van der Waals surface area contributed by atoms with Gasteiger partial charge < -0.3 is 90.0 Å². The summed E-state index contributed by atoms with van der Waals surface area (Å²) in [6, 6.07) is 48.3. The number of ether oxygens (including phenoxy) is 19. The predicted molar refractivity (Wildman–Crippen MR) is 570 cm³/mol. The second-order valence-electron chi connectivity index (χ2n) is 35.2. The van der Waals surface area contributed by atoms with Gasteiger partial charge in [0, 0.05) is 68.0 Å². The molecule has 0 aliphatic carbocycles. The van der Waals surface area contributed by atoms with Gasteiger partial charge in [0.1, 0.15) is 28.7 Å². The van der Waals surface area contributed by atoms with E-state index in [1.54, 1.807) is 64.0 Å². The fourth-order valence-electron chi connectivity index (χ4n) is 12.6. The van der Waals surface area contributed by atoms with Gasteiger partial charge in [0.05, 0.1) is 19.8 Å². The number of unbranched alkanes of at least 4 members (excludes halogenated alkanes) is 5. The average Bonchev–Trinajstić information content (AvgIpc) is 0.745. The van der Waals surface area contributed by atoms with Crippen molar-refractivity contribution in [3.63, 3.8) is 0 Å². The Morgan fingerprint density at radius 2 is 0.537 bits per heavy atom. The number of methoxy groups -OCH3 is 9. The summed E-state index contributed by atoms with van der Waals surface area (Å²) in [4.78, 5) is 0. The van der Waals surface area contributed by atoms with Crippen molar-refractivity contribution in [3.8, 4) is 63.2 Å². The minimum absolute atomic E-state index is 0.0362. The highest BCUT2D eigenvalue weighted by molar-refractivity contribution is 5.70. The zero-order chi connectivity index (χ0) is 102. The Kier molecular flexibility index (Phi) is 62.5. The lowest BCUT2D eigenvalue weighted by Gasteiger charge is -2.26. The quantitative estimate of drug-likeness (QED) is 0.0260. The van der Waals surface area contributed by atoms with Gasteiger partial charge >= 0.3 is 0 Å². The van der Waals surface area contributed by atoms with Crippen molar-refractivity contribution < 1.29 is 90.0 Å². The smallest absolute Gasteiger partial charge is 0.188 e. The Balaban J connectivity index is 0.000000778. The van der Waals surface area contributed by atoms with Gasteiger partial charge in [-0.3, -0.25) is 0 Å². The zero-order valence-corrected chi connectivity index (χ0v) is 88.9. The molecule has 0 bridgehead atoms. The largest absolute Gasteiger partial charge is 0.493 e. The van der Waals surface area contributed by atoms with Crippen molar-refractivity contribution in [1.29, 1.82) is 0 Å². The molecule has 0 atom stereocenters. The average molecular weight is 1880 g/mol. The number of allylic oxidation sites excluding steroid dienone is 8. The standard InChI is InChI=1S/C17H26O2.2C16H24O2.C15H22O2.C14H20O3.C14H20O2.C13H18O3.C12H16O3/c1-5-6-7-8-9-16-12-15(14(2)3)10-11-17(16)19-13-18-4;1-7-16(4,5)14-10-13(12(2)3)8-9-15(14)18-11-17-6;1-5-6-7-8-15-11-14(13(2)3)9-10-16(15)18-12-17-4;1-11(2)12-7-8-14(17-10-16-6)13(9-12)15(3,4)5;1-10(2)12-6-7-13(16-9-15-5)14(8-12)17-11(3)4;1-10(2)12-6-7-14(16-9-15-5)13(8-12)11(3)4;1-5-15-13-8-11(10(2)3)6-7-12(13)16-9-14-4;1-9(2)10-5-6-11(15-8-13-3)12(7-10)14-4/h10-12H,2,5-9,13H2,1,3-4H3;8-10H,2,7,11H2,1,3-6H3;9-11H,2,5-8,12H2,1,3-4H3;7-9H,1,10H2,2-6H3;6-8,11H,1,9H2,2-5H3;6-8,11H,1,9H2,2-5H3;6-8H,2,5,9H2,1,3-4H3;5-7H,1,8H2,2-4H3. The molecular weight excluding hydrogens is 1710 g/mol. The van der Waals surface area contributed by atoms with Crippen LogP contribution in [0.2, 0.25) is 0 Å². The minimum atomic E-state index is 0.0362. The SMILES string of the molecule is C=C(C)c1ccc(OCOC)c(C(C)(C)C)c1.C=C(C)c1ccc(OCOC)c(C(C)(C)CC)c1.C=C(C)c1ccc(OCOC)c(C(C)C)c1.C=C(C)c1ccc(OCOC)c(CCCCC)c1.C=C(C)c1ccc(OCOC)c(CCCCCC)c1.C=C(C)c1ccc(OCOC)c(OC(C)C)c1.C=C(C)c1ccc(OCOC)c(OC)c1.C=C(C)c1ccc(OCOC)c(OCC)c1. The molecule has 0 spiro atoms. The molecule has 0 fully saturated rings. The fourth-order valence-corrected chi connectivity index (χ4v) is 12.6. The lowest BCUT2D eigenvalue weighted by atomic mass is 9.80. The molecule has 19 nitrogen and oxygen atoms in total. The van der Waals surface area contributed by atoms with Crippen LogP contribution in [0.25, 0.3) is 44.6 Å². The molecule has 8 rings (SSSR count). The molecule has 752 valence electrons. The summed E-state index contributed by atoms with van der Waals surface area (Å²) in [5.41, 5.74) is 23.6.